The van der Waals surface area contributed by atoms with Crippen LogP contribution in [0.1, 0.15) is 17.7 Å². The van der Waals surface area contributed by atoms with Crippen LogP contribution in [0, 0.1) is 13.8 Å². The van der Waals surface area contributed by atoms with E-state index in [1.807, 2.05) is 27.0 Å². The van der Waals surface area contributed by atoms with Crippen molar-refractivity contribution in [3.63, 3.8) is 0 Å². The number of hydrogen-bond donors (Lipinski definition) is 2. The molecule has 0 aliphatic carbocycles. The molecule has 1 atom stereocenters. The van der Waals surface area contributed by atoms with Crippen LogP contribution in [0.4, 0.5) is 24.9 Å². The van der Waals surface area contributed by atoms with Crippen molar-refractivity contribution in [2.45, 2.75) is 32.5 Å². The number of likely N-dealkylation sites (tertiary alicyclic amines) is 1. The highest BCUT2D eigenvalue weighted by Crippen LogP contribution is 2.27. The van der Waals surface area contributed by atoms with Crippen LogP contribution in [0.3, 0.4) is 0 Å². The van der Waals surface area contributed by atoms with Gasteiger partial charge in [0.15, 0.2) is 5.65 Å². The van der Waals surface area contributed by atoms with Gasteiger partial charge in [0.2, 0.25) is 5.95 Å². The molecule has 1 aliphatic rings. The van der Waals surface area contributed by atoms with Crippen LogP contribution < -0.4 is 10.6 Å². The molecular formula is C16H21F3N6. The molecule has 25 heavy (non-hydrogen) atoms. The van der Waals surface area contributed by atoms with Crippen LogP contribution in [0.25, 0.3) is 11.0 Å². The number of likely N-dealkylation sites (N-methyl/N-ethyl adjacent to an activating group) is 1. The zero-order valence-electron chi connectivity index (χ0n) is 14.4. The number of anilines is 2. The van der Waals surface area contributed by atoms with Gasteiger partial charge in [0.05, 0.1) is 5.39 Å². The first-order valence-corrected chi connectivity index (χ1v) is 8.13. The van der Waals surface area contributed by atoms with Crippen LogP contribution in [0.5, 0.6) is 0 Å². The van der Waals surface area contributed by atoms with Crippen LogP contribution in [0.15, 0.2) is 6.07 Å². The number of nitrogens with one attached hydrogen (secondary N) is 2. The number of nitrogens with zero attached hydrogens (tertiary/aromatic N) is 4. The minimum atomic E-state index is -4.33. The topological polar surface area (TPSA) is 66.0 Å². The lowest BCUT2D eigenvalue weighted by Crippen LogP contribution is -2.25. The fraction of sp³-hybridized carbons (Fsp3) is 0.562. The van der Waals surface area contributed by atoms with Gasteiger partial charge in [0, 0.05) is 18.3 Å². The Hall–Kier alpha value is -2.16. The fourth-order valence-corrected chi connectivity index (χ4v) is 3.09. The number of aryl methyl sites for hydroxylation is 2. The summed E-state index contributed by atoms with van der Waals surface area (Å²) >= 11 is 0. The van der Waals surface area contributed by atoms with Crippen LogP contribution in [-0.4, -0.2) is 58.8 Å². The van der Waals surface area contributed by atoms with Crippen molar-refractivity contribution in [3.8, 4) is 0 Å². The number of halogens is 3. The van der Waals surface area contributed by atoms with E-state index in [1.165, 1.54) is 0 Å². The molecule has 9 heteroatoms. The molecule has 2 N–H and O–H groups in total. The van der Waals surface area contributed by atoms with E-state index in [1.54, 1.807) is 0 Å². The van der Waals surface area contributed by atoms with Crippen molar-refractivity contribution in [3.05, 3.63) is 17.3 Å². The van der Waals surface area contributed by atoms with Crippen molar-refractivity contribution in [2.24, 2.45) is 0 Å². The molecule has 0 unspecified atom stereocenters. The molecule has 2 aromatic heterocycles. The monoisotopic (exact) mass is 354 g/mol. The van der Waals surface area contributed by atoms with Gasteiger partial charge in [-0.2, -0.15) is 23.1 Å². The van der Waals surface area contributed by atoms with Crippen LogP contribution in [0.2, 0.25) is 0 Å². The molecule has 1 aliphatic heterocycles. The van der Waals surface area contributed by atoms with Gasteiger partial charge >= 0.3 is 6.18 Å². The lowest BCUT2D eigenvalue weighted by Gasteiger charge is -2.17. The standard InChI is InChI=1S/C16H21F3N6/c1-9-6-10(2)21-14-12(9)13(20-8-16(17,18)19)23-15(24-14)22-11-4-5-25(3)7-11/h6,11H,4-5,7-8H2,1-3H3,(H2,20,21,22,23,24)/t11-/m1/s1. The van der Waals surface area contributed by atoms with Crippen molar-refractivity contribution < 1.29 is 13.2 Å². The van der Waals surface area contributed by atoms with Gasteiger partial charge in [-0.25, -0.2) is 4.98 Å². The van der Waals surface area contributed by atoms with E-state index in [-0.39, 0.29) is 11.9 Å². The molecule has 0 spiro atoms. The summed E-state index contributed by atoms with van der Waals surface area (Å²) in [5, 5.41) is 6.13. The minimum Gasteiger partial charge on any atom is -0.360 e. The van der Waals surface area contributed by atoms with Crippen molar-refractivity contribution in [2.75, 3.05) is 37.3 Å². The molecule has 0 aromatic carbocycles. The average Bonchev–Trinajstić information content (AvgIpc) is 2.88. The number of aromatic nitrogens is 3. The predicted molar refractivity (Wildman–Crippen MR) is 90.9 cm³/mol. The third-order valence-electron chi connectivity index (χ3n) is 4.17. The largest absolute Gasteiger partial charge is 0.405 e. The zero-order valence-corrected chi connectivity index (χ0v) is 14.4. The molecule has 0 amide bonds. The highest BCUT2D eigenvalue weighted by molar-refractivity contribution is 5.90. The number of rotatable bonds is 4. The molecule has 3 rings (SSSR count). The minimum absolute atomic E-state index is 0.154. The van der Waals surface area contributed by atoms with E-state index in [0.717, 1.165) is 30.8 Å². The second-order valence-electron chi connectivity index (χ2n) is 6.54. The Labute approximate surface area is 143 Å². The number of hydrogen-bond acceptors (Lipinski definition) is 6. The van der Waals surface area contributed by atoms with E-state index in [0.29, 0.717) is 17.0 Å². The van der Waals surface area contributed by atoms with Gasteiger partial charge < -0.3 is 15.5 Å². The summed E-state index contributed by atoms with van der Waals surface area (Å²) in [7, 11) is 2.02. The molecule has 0 bridgehead atoms. The summed E-state index contributed by atoms with van der Waals surface area (Å²) in [4.78, 5) is 15.3. The van der Waals surface area contributed by atoms with Gasteiger partial charge in [0.25, 0.3) is 0 Å². The average molecular weight is 354 g/mol. The Bertz CT molecular complexity index is 777. The highest BCUT2D eigenvalue weighted by Gasteiger charge is 2.28. The van der Waals surface area contributed by atoms with Crippen molar-refractivity contribution in [1.29, 1.82) is 0 Å². The Morgan fingerprint density at radius 3 is 2.64 bits per heavy atom. The summed E-state index contributed by atoms with van der Waals surface area (Å²) in [5.74, 6) is 0.455. The molecular weight excluding hydrogens is 333 g/mol. The second kappa shape index (κ2) is 6.62. The third-order valence-corrected chi connectivity index (χ3v) is 4.17. The van der Waals surface area contributed by atoms with E-state index >= 15 is 0 Å². The molecule has 3 heterocycles. The van der Waals surface area contributed by atoms with Gasteiger partial charge in [-0.3, -0.25) is 0 Å². The molecule has 6 nitrogen and oxygen atoms in total. The van der Waals surface area contributed by atoms with Gasteiger partial charge in [-0.1, -0.05) is 0 Å². The molecule has 1 fully saturated rings. The SMILES string of the molecule is Cc1cc(C)c2c(NCC(F)(F)F)nc(N[C@@H]3CCN(C)C3)nc2n1. The molecule has 0 saturated carbocycles. The van der Waals surface area contributed by atoms with E-state index in [2.05, 4.69) is 30.5 Å². The van der Waals surface area contributed by atoms with Gasteiger partial charge in [0.1, 0.15) is 12.4 Å². The van der Waals surface area contributed by atoms with Crippen molar-refractivity contribution >= 4 is 22.8 Å². The summed E-state index contributed by atoms with van der Waals surface area (Å²) in [6, 6.07) is 1.98. The lowest BCUT2D eigenvalue weighted by atomic mass is 10.1. The summed E-state index contributed by atoms with van der Waals surface area (Å²) in [6.45, 7) is 4.29. The van der Waals surface area contributed by atoms with Gasteiger partial charge in [-0.05, 0) is 45.5 Å². The Kier molecular flexibility index (Phi) is 4.68. The second-order valence-corrected chi connectivity index (χ2v) is 6.54. The quantitative estimate of drug-likeness (QED) is 0.880. The van der Waals surface area contributed by atoms with Crippen LogP contribution in [-0.2, 0) is 0 Å². The number of fused-ring (bicyclic) bond motifs is 1. The smallest absolute Gasteiger partial charge is 0.360 e. The number of alkyl halides is 3. The normalized spacial score (nSPS) is 18.7. The maximum absolute atomic E-state index is 12.6. The fourth-order valence-electron chi connectivity index (χ4n) is 3.09. The highest BCUT2D eigenvalue weighted by atomic mass is 19.4. The molecule has 2 aromatic rings. The first-order valence-electron chi connectivity index (χ1n) is 8.13. The Morgan fingerprint density at radius 2 is 2.00 bits per heavy atom. The summed E-state index contributed by atoms with van der Waals surface area (Å²) in [5.41, 5.74) is 1.95. The molecule has 136 valence electrons. The molecule has 1 saturated heterocycles. The maximum atomic E-state index is 12.6. The van der Waals surface area contributed by atoms with E-state index in [9.17, 15) is 13.2 Å². The maximum Gasteiger partial charge on any atom is 0.405 e. The number of pyridine rings is 1. The van der Waals surface area contributed by atoms with E-state index < -0.39 is 12.7 Å². The Balaban J connectivity index is 1.97. The summed E-state index contributed by atoms with van der Waals surface area (Å²) < 4.78 is 37.9. The van der Waals surface area contributed by atoms with E-state index in [4.69, 9.17) is 0 Å². The first-order chi connectivity index (χ1) is 11.7. The Morgan fingerprint density at radius 1 is 1.24 bits per heavy atom. The van der Waals surface area contributed by atoms with Crippen LogP contribution >= 0.6 is 0 Å². The van der Waals surface area contributed by atoms with Gasteiger partial charge in [-0.15, -0.1) is 0 Å². The third kappa shape index (κ3) is 4.28. The first kappa shape index (κ1) is 17.7. The van der Waals surface area contributed by atoms with Crippen molar-refractivity contribution in [1.82, 2.24) is 19.9 Å². The zero-order chi connectivity index (χ0) is 18.2. The molecule has 0 radical (unpaired) electrons. The lowest BCUT2D eigenvalue weighted by molar-refractivity contribution is -0.115. The predicted octanol–water partition coefficient (Wildman–Crippen LogP) is 2.73. The summed E-state index contributed by atoms with van der Waals surface area (Å²) in [6.07, 6.45) is -3.39.